The first-order valence-corrected chi connectivity index (χ1v) is 6.20. The summed E-state index contributed by atoms with van der Waals surface area (Å²) in [6, 6.07) is 0. The molecule has 0 bridgehead atoms. The fraction of sp³-hybridized carbons (Fsp3) is 0.375. The molecule has 1 aromatic rings. The molecule has 1 rings (SSSR count). The molecule has 0 atom stereocenters. The van der Waals surface area contributed by atoms with E-state index in [-0.39, 0.29) is 5.75 Å². The molecule has 72 valence electrons. The Hall–Kier alpha value is -0.610. The molecule has 5 heteroatoms. The molecule has 3 nitrogen and oxygen atoms in total. The van der Waals surface area contributed by atoms with E-state index in [4.69, 9.17) is 10.7 Å². The second-order valence-electron chi connectivity index (χ2n) is 2.94. The van der Waals surface area contributed by atoms with Gasteiger partial charge in [-0.3, -0.25) is 4.98 Å². The van der Waals surface area contributed by atoms with E-state index in [9.17, 15) is 8.42 Å². The van der Waals surface area contributed by atoms with E-state index >= 15 is 0 Å². The number of pyridine rings is 1. The molecule has 0 aliphatic heterocycles. The van der Waals surface area contributed by atoms with Crippen molar-refractivity contribution in [1.29, 1.82) is 0 Å². The number of nitrogens with zero attached hydrogens (tertiary/aromatic N) is 1. The third kappa shape index (κ3) is 2.97. The molecule has 0 amide bonds. The summed E-state index contributed by atoms with van der Waals surface area (Å²) in [6.45, 7) is 3.63. The number of hydrogen-bond donors (Lipinski definition) is 0. The fourth-order valence-corrected chi connectivity index (χ4v) is 2.26. The lowest BCUT2D eigenvalue weighted by molar-refractivity contribution is 0.608. The molecule has 0 saturated heterocycles. The Morgan fingerprint density at radius 3 is 2.15 bits per heavy atom. The van der Waals surface area contributed by atoms with Gasteiger partial charge in [0.15, 0.2) is 0 Å². The lowest BCUT2D eigenvalue weighted by Gasteiger charge is -2.05. The van der Waals surface area contributed by atoms with Crippen molar-refractivity contribution in [2.45, 2.75) is 19.6 Å². The minimum absolute atomic E-state index is 0.130. The van der Waals surface area contributed by atoms with Crippen molar-refractivity contribution in [3.63, 3.8) is 0 Å². The zero-order chi connectivity index (χ0) is 10.1. The molecular weight excluding hydrogens is 210 g/mol. The minimum Gasteiger partial charge on any atom is -0.264 e. The van der Waals surface area contributed by atoms with Gasteiger partial charge < -0.3 is 0 Å². The molecule has 1 aromatic heterocycles. The number of halogens is 1. The van der Waals surface area contributed by atoms with Crippen molar-refractivity contribution in [1.82, 2.24) is 4.98 Å². The van der Waals surface area contributed by atoms with Crippen LogP contribution in [0.5, 0.6) is 0 Å². The Morgan fingerprint density at radius 2 is 1.77 bits per heavy atom. The highest BCUT2D eigenvalue weighted by molar-refractivity contribution is 8.13. The average Bonchev–Trinajstić information content (AvgIpc) is 1.95. The number of rotatable bonds is 2. The number of hydrogen-bond acceptors (Lipinski definition) is 3. The monoisotopic (exact) mass is 219 g/mol. The zero-order valence-corrected chi connectivity index (χ0v) is 8.98. The van der Waals surface area contributed by atoms with Crippen molar-refractivity contribution < 1.29 is 8.42 Å². The van der Waals surface area contributed by atoms with E-state index in [1.807, 2.05) is 13.8 Å². The van der Waals surface area contributed by atoms with Gasteiger partial charge in [-0.25, -0.2) is 8.42 Å². The van der Waals surface area contributed by atoms with Gasteiger partial charge in [0, 0.05) is 23.1 Å². The van der Waals surface area contributed by atoms with Gasteiger partial charge in [-0.1, -0.05) is 0 Å². The topological polar surface area (TPSA) is 47.0 Å². The first-order chi connectivity index (χ1) is 5.90. The van der Waals surface area contributed by atoms with Crippen LogP contribution < -0.4 is 0 Å². The number of aromatic nitrogens is 1. The molecular formula is C8H10ClNO2S. The van der Waals surface area contributed by atoms with E-state index in [0.717, 1.165) is 16.7 Å². The standard InChI is InChI=1S/C8H10ClNO2S/c1-6-3-10-4-7(2)8(6)5-13(9,11)12/h3-4H,5H2,1-2H3. The predicted octanol–water partition coefficient (Wildman–Crippen LogP) is 1.77. The van der Waals surface area contributed by atoms with E-state index < -0.39 is 9.05 Å². The van der Waals surface area contributed by atoms with Crippen LogP contribution in [0.2, 0.25) is 0 Å². The first-order valence-electron chi connectivity index (χ1n) is 3.72. The van der Waals surface area contributed by atoms with Gasteiger partial charge in [0.1, 0.15) is 0 Å². The molecule has 0 radical (unpaired) electrons. The van der Waals surface area contributed by atoms with Crippen LogP contribution in [0.4, 0.5) is 0 Å². The Labute approximate surface area is 82.2 Å². The minimum atomic E-state index is -3.48. The molecule has 0 fully saturated rings. The summed E-state index contributed by atoms with van der Waals surface area (Å²) in [7, 11) is 1.69. The van der Waals surface area contributed by atoms with Crippen LogP contribution in [0, 0.1) is 13.8 Å². The highest BCUT2D eigenvalue weighted by Crippen LogP contribution is 2.16. The molecule has 0 unspecified atom stereocenters. The van der Waals surface area contributed by atoms with Gasteiger partial charge in [-0.15, -0.1) is 0 Å². The largest absolute Gasteiger partial charge is 0.264 e. The maximum absolute atomic E-state index is 10.9. The summed E-state index contributed by atoms with van der Waals surface area (Å²) in [4.78, 5) is 3.94. The smallest absolute Gasteiger partial charge is 0.236 e. The summed E-state index contributed by atoms with van der Waals surface area (Å²) in [5.74, 6) is -0.130. The van der Waals surface area contributed by atoms with Crippen LogP contribution in [0.1, 0.15) is 16.7 Å². The summed E-state index contributed by atoms with van der Waals surface area (Å²) in [6.07, 6.45) is 3.26. The van der Waals surface area contributed by atoms with Crippen molar-refractivity contribution in [3.8, 4) is 0 Å². The third-order valence-electron chi connectivity index (χ3n) is 1.81. The summed E-state index contributed by atoms with van der Waals surface area (Å²) < 4.78 is 21.7. The molecule has 0 aliphatic rings. The van der Waals surface area contributed by atoms with Gasteiger partial charge in [-0.05, 0) is 30.5 Å². The lowest BCUT2D eigenvalue weighted by atomic mass is 10.1. The highest BCUT2D eigenvalue weighted by Gasteiger charge is 2.11. The predicted molar refractivity (Wildman–Crippen MR) is 52.2 cm³/mol. The van der Waals surface area contributed by atoms with Crippen LogP contribution in [0.3, 0.4) is 0 Å². The molecule has 0 spiro atoms. The van der Waals surface area contributed by atoms with E-state index in [0.29, 0.717) is 0 Å². The molecule has 0 aromatic carbocycles. The normalized spacial score (nSPS) is 11.6. The SMILES string of the molecule is Cc1cncc(C)c1CS(=O)(=O)Cl. The van der Waals surface area contributed by atoms with Crippen molar-refractivity contribution in [2.75, 3.05) is 0 Å². The van der Waals surface area contributed by atoms with Gasteiger partial charge in [0.05, 0.1) is 5.75 Å². The van der Waals surface area contributed by atoms with E-state index in [2.05, 4.69) is 4.98 Å². The van der Waals surface area contributed by atoms with Crippen LogP contribution in [-0.2, 0) is 14.8 Å². The van der Waals surface area contributed by atoms with Gasteiger partial charge >= 0.3 is 0 Å². The maximum atomic E-state index is 10.9. The van der Waals surface area contributed by atoms with E-state index in [1.165, 1.54) is 0 Å². The Kier molecular flexibility index (Phi) is 2.93. The zero-order valence-electron chi connectivity index (χ0n) is 7.41. The van der Waals surface area contributed by atoms with Crippen LogP contribution in [0.25, 0.3) is 0 Å². The second-order valence-corrected chi connectivity index (χ2v) is 5.71. The van der Waals surface area contributed by atoms with Gasteiger partial charge in [0.2, 0.25) is 9.05 Å². The lowest BCUT2D eigenvalue weighted by Crippen LogP contribution is -2.01. The molecule has 1 heterocycles. The second kappa shape index (κ2) is 3.64. The van der Waals surface area contributed by atoms with Crippen LogP contribution >= 0.6 is 10.7 Å². The van der Waals surface area contributed by atoms with Crippen LogP contribution in [0.15, 0.2) is 12.4 Å². The quantitative estimate of drug-likeness (QED) is 0.713. The van der Waals surface area contributed by atoms with Gasteiger partial charge in [-0.2, -0.15) is 0 Å². The average molecular weight is 220 g/mol. The summed E-state index contributed by atoms with van der Waals surface area (Å²) in [5, 5.41) is 0. The number of aryl methyl sites for hydroxylation is 2. The Morgan fingerprint density at radius 1 is 1.31 bits per heavy atom. The fourth-order valence-electron chi connectivity index (χ4n) is 1.13. The Bertz CT molecular complexity index is 394. The highest BCUT2D eigenvalue weighted by atomic mass is 35.7. The van der Waals surface area contributed by atoms with Crippen LogP contribution in [-0.4, -0.2) is 13.4 Å². The van der Waals surface area contributed by atoms with Crippen molar-refractivity contribution in [3.05, 3.63) is 29.1 Å². The molecule has 0 saturated carbocycles. The Balaban J connectivity index is 3.15. The third-order valence-corrected chi connectivity index (χ3v) is 2.77. The molecule has 13 heavy (non-hydrogen) atoms. The molecule has 0 aliphatic carbocycles. The van der Waals surface area contributed by atoms with Crippen molar-refractivity contribution in [2.24, 2.45) is 0 Å². The summed E-state index contributed by atoms with van der Waals surface area (Å²) >= 11 is 0. The summed E-state index contributed by atoms with van der Waals surface area (Å²) in [5.41, 5.74) is 2.44. The van der Waals surface area contributed by atoms with Crippen molar-refractivity contribution >= 4 is 19.7 Å². The molecule has 0 N–H and O–H groups in total. The van der Waals surface area contributed by atoms with E-state index in [1.54, 1.807) is 12.4 Å². The van der Waals surface area contributed by atoms with Gasteiger partial charge in [0.25, 0.3) is 0 Å². The maximum Gasteiger partial charge on any atom is 0.236 e. The first kappa shape index (κ1) is 10.5.